The lowest BCUT2D eigenvalue weighted by Gasteiger charge is -2.20. The van der Waals surface area contributed by atoms with Gasteiger partial charge in [0.15, 0.2) is 0 Å². The molecular weight excluding hydrogens is 314 g/mol. The highest BCUT2D eigenvalue weighted by atomic mass is 16.4. The van der Waals surface area contributed by atoms with Crippen molar-refractivity contribution < 1.29 is 19.5 Å². The van der Waals surface area contributed by atoms with Gasteiger partial charge < -0.3 is 19.9 Å². The molecule has 1 aromatic heterocycles. The van der Waals surface area contributed by atoms with Gasteiger partial charge >= 0.3 is 5.97 Å². The number of nitrogens with zero attached hydrogens (tertiary/aromatic N) is 2. The minimum Gasteiger partial charge on any atom is -0.480 e. The SMILES string of the molecule is Cc1cc(=O)n(CC(=O)NC(C)C)c(C)c1C(=O)N(C)CC(=O)O. The van der Waals surface area contributed by atoms with Crippen molar-refractivity contribution in [2.75, 3.05) is 13.6 Å². The summed E-state index contributed by atoms with van der Waals surface area (Å²) in [5.74, 6) is -1.98. The van der Waals surface area contributed by atoms with E-state index in [1.165, 1.54) is 17.7 Å². The van der Waals surface area contributed by atoms with Gasteiger partial charge in [0.2, 0.25) is 5.91 Å². The number of aromatic nitrogens is 1. The number of hydrogen-bond donors (Lipinski definition) is 2. The molecule has 2 N–H and O–H groups in total. The van der Waals surface area contributed by atoms with Gasteiger partial charge in [0.1, 0.15) is 13.1 Å². The predicted molar refractivity (Wildman–Crippen MR) is 88.1 cm³/mol. The summed E-state index contributed by atoms with van der Waals surface area (Å²) in [7, 11) is 1.37. The average Bonchev–Trinajstić information content (AvgIpc) is 2.41. The molecule has 1 heterocycles. The Balaban J connectivity index is 3.26. The molecule has 0 saturated carbocycles. The summed E-state index contributed by atoms with van der Waals surface area (Å²) in [6.07, 6.45) is 0. The van der Waals surface area contributed by atoms with Crippen LogP contribution in [0.4, 0.5) is 0 Å². The summed E-state index contributed by atoms with van der Waals surface area (Å²) in [4.78, 5) is 48.4. The second-order valence-corrected chi connectivity index (χ2v) is 5.99. The zero-order valence-corrected chi connectivity index (χ0v) is 14.5. The van der Waals surface area contributed by atoms with Crippen molar-refractivity contribution in [2.24, 2.45) is 0 Å². The van der Waals surface area contributed by atoms with Crippen LogP contribution in [0.15, 0.2) is 10.9 Å². The summed E-state index contributed by atoms with van der Waals surface area (Å²) in [6, 6.07) is 1.21. The third kappa shape index (κ3) is 4.68. The van der Waals surface area contributed by atoms with E-state index in [0.717, 1.165) is 4.90 Å². The van der Waals surface area contributed by atoms with Crippen LogP contribution in [0, 0.1) is 13.8 Å². The molecule has 0 fully saturated rings. The first-order valence-corrected chi connectivity index (χ1v) is 7.52. The van der Waals surface area contributed by atoms with E-state index in [1.54, 1.807) is 27.7 Å². The van der Waals surface area contributed by atoms with Gasteiger partial charge in [0.25, 0.3) is 11.5 Å². The molecule has 1 aromatic rings. The van der Waals surface area contributed by atoms with Crippen LogP contribution in [0.3, 0.4) is 0 Å². The van der Waals surface area contributed by atoms with E-state index in [4.69, 9.17) is 5.11 Å². The third-order valence-electron chi connectivity index (χ3n) is 3.45. The van der Waals surface area contributed by atoms with E-state index in [2.05, 4.69) is 5.32 Å². The van der Waals surface area contributed by atoms with Crippen molar-refractivity contribution in [3.8, 4) is 0 Å². The highest BCUT2D eigenvalue weighted by Crippen LogP contribution is 2.14. The predicted octanol–water partition coefficient (Wildman–Crippen LogP) is 0.146. The Morgan fingerprint density at radius 2 is 1.88 bits per heavy atom. The molecule has 8 nitrogen and oxygen atoms in total. The Kier molecular flexibility index (Phi) is 6.27. The highest BCUT2D eigenvalue weighted by Gasteiger charge is 2.22. The lowest BCUT2D eigenvalue weighted by molar-refractivity contribution is -0.137. The van der Waals surface area contributed by atoms with E-state index >= 15 is 0 Å². The molecule has 0 unspecified atom stereocenters. The molecule has 0 spiro atoms. The van der Waals surface area contributed by atoms with Crippen LogP contribution >= 0.6 is 0 Å². The first-order valence-electron chi connectivity index (χ1n) is 7.52. The zero-order chi connectivity index (χ0) is 18.6. The van der Waals surface area contributed by atoms with Crippen molar-refractivity contribution in [1.82, 2.24) is 14.8 Å². The van der Waals surface area contributed by atoms with Crippen LogP contribution in [0.25, 0.3) is 0 Å². The highest BCUT2D eigenvalue weighted by molar-refractivity contribution is 5.98. The fourth-order valence-corrected chi connectivity index (χ4v) is 2.42. The Labute approximate surface area is 140 Å². The maximum absolute atomic E-state index is 12.5. The average molecular weight is 337 g/mol. The van der Waals surface area contributed by atoms with Crippen molar-refractivity contribution in [3.63, 3.8) is 0 Å². The number of likely N-dealkylation sites (N-methyl/N-ethyl adjacent to an activating group) is 1. The van der Waals surface area contributed by atoms with Crippen LogP contribution in [0.1, 0.15) is 35.5 Å². The Bertz CT molecular complexity index is 721. The number of nitrogens with one attached hydrogen (secondary N) is 1. The summed E-state index contributed by atoms with van der Waals surface area (Å²) in [5.41, 5.74) is 0.624. The Hall–Kier alpha value is -2.64. The summed E-state index contributed by atoms with van der Waals surface area (Å²) < 4.78 is 1.21. The number of amides is 2. The van der Waals surface area contributed by atoms with Crippen molar-refractivity contribution in [1.29, 1.82) is 0 Å². The maximum atomic E-state index is 12.5. The number of carboxylic acids is 1. The summed E-state index contributed by atoms with van der Waals surface area (Å²) in [5, 5.41) is 11.5. The molecule has 1 rings (SSSR count). The van der Waals surface area contributed by atoms with Gasteiger partial charge in [0, 0.05) is 24.8 Å². The number of pyridine rings is 1. The van der Waals surface area contributed by atoms with Gasteiger partial charge in [-0.15, -0.1) is 0 Å². The molecule has 8 heteroatoms. The fourth-order valence-electron chi connectivity index (χ4n) is 2.42. The van der Waals surface area contributed by atoms with E-state index in [1.807, 2.05) is 0 Å². The first kappa shape index (κ1) is 19.4. The molecule has 0 aliphatic rings. The van der Waals surface area contributed by atoms with Crippen LogP contribution < -0.4 is 10.9 Å². The largest absolute Gasteiger partial charge is 0.480 e. The van der Waals surface area contributed by atoms with Gasteiger partial charge in [-0.1, -0.05) is 0 Å². The van der Waals surface area contributed by atoms with Crippen molar-refractivity contribution in [2.45, 2.75) is 40.3 Å². The van der Waals surface area contributed by atoms with Crippen LogP contribution in [0.2, 0.25) is 0 Å². The molecule has 0 atom stereocenters. The van der Waals surface area contributed by atoms with Crippen LogP contribution in [-0.2, 0) is 16.1 Å². The molecule has 0 aliphatic heterocycles. The number of carbonyl (C=O) groups is 3. The van der Waals surface area contributed by atoms with E-state index in [9.17, 15) is 19.2 Å². The van der Waals surface area contributed by atoms with Gasteiger partial charge in [-0.2, -0.15) is 0 Å². The monoisotopic (exact) mass is 337 g/mol. The van der Waals surface area contributed by atoms with E-state index < -0.39 is 18.4 Å². The topological polar surface area (TPSA) is 109 Å². The van der Waals surface area contributed by atoms with Crippen molar-refractivity contribution in [3.05, 3.63) is 33.2 Å². The van der Waals surface area contributed by atoms with Gasteiger partial charge in [-0.3, -0.25) is 19.2 Å². The normalized spacial score (nSPS) is 10.6. The van der Waals surface area contributed by atoms with Crippen LogP contribution in [0.5, 0.6) is 0 Å². The Morgan fingerprint density at radius 1 is 1.29 bits per heavy atom. The second kappa shape index (κ2) is 7.76. The number of aryl methyl sites for hydroxylation is 1. The third-order valence-corrected chi connectivity index (χ3v) is 3.45. The Morgan fingerprint density at radius 3 is 2.38 bits per heavy atom. The molecule has 0 aliphatic carbocycles. The lowest BCUT2D eigenvalue weighted by Crippen LogP contribution is -2.39. The second-order valence-electron chi connectivity index (χ2n) is 5.99. The molecule has 0 aromatic carbocycles. The molecular formula is C16H23N3O5. The first-order chi connectivity index (χ1) is 11.0. The number of rotatable bonds is 6. The minimum absolute atomic E-state index is 0.0678. The molecule has 2 amide bonds. The van der Waals surface area contributed by atoms with E-state index in [0.29, 0.717) is 11.3 Å². The molecule has 0 saturated heterocycles. The molecule has 132 valence electrons. The standard InChI is InChI=1S/C16H23N3O5/c1-9(2)17-12(20)7-19-11(4)15(10(3)6-13(19)21)16(24)18(5)8-14(22)23/h6,9H,7-8H2,1-5H3,(H,17,20)(H,22,23). The smallest absolute Gasteiger partial charge is 0.323 e. The van der Waals surface area contributed by atoms with Gasteiger partial charge in [0.05, 0.1) is 5.56 Å². The van der Waals surface area contributed by atoms with Crippen molar-refractivity contribution >= 4 is 17.8 Å². The fraction of sp³-hybridized carbons (Fsp3) is 0.500. The summed E-state index contributed by atoms with van der Waals surface area (Å²) >= 11 is 0. The number of hydrogen-bond acceptors (Lipinski definition) is 4. The van der Waals surface area contributed by atoms with Gasteiger partial charge in [-0.05, 0) is 33.3 Å². The molecule has 0 radical (unpaired) electrons. The minimum atomic E-state index is -1.13. The molecule has 24 heavy (non-hydrogen) atoms. The maximum Gasteiger partial charge on any atom is 0.323 e. The van der Waals surface area contributed by atoms with Crippen LogP contribution in [-0.4, -0.2) is 52.0 Å². The zero-order valence-electron chi connectivity index (χ0n) is 14.5. The summed E-state index contributed by atoms with van der Waals surface area (Å²) in [6.45, 7) is 6.13. The quantitative estimate of drug-likeness (QED) is 0.768. The number of aliphatic carboxylic acids is 1. The number of carbonyl (C=O) groups excluding carboxylic acids is 2. The van der Waals surface area contributed by atoms with Gasteiger partial charge in [-0.25, -0.2) is 0 Å². The molecule has 0 bridgehead atoms. The number of carboxylic acid groups (broad SMARTS) is 1. The van der Waals surface area contributed by atoms with E-state index in [-0.39, 0.29) is 29.6 Å². The lowest BCUT2D eigenvalue weighted by atomic mass is 10.1.